The lowest BCUT2D eigenvalue weighted by Crippen LogP contribution is -2.67. The van der Waals surface area contributed by atoms with E-state index in [1.54, 1.807) is 6.08 Å². The van der Waals surface area contributed by atoms with Crippen LogP contribution in [0.4, 0.5) is 4.79 Å². The molecule has 4 saturated carbocycles. The van der Waals surface area contributed by atoms with Gasteiger partial charge in [0.1, 0.15) is 12.7 Å². The molecule has 0 spiro atoms. The highest BCUT2D eigenvalue weighted by Gasteiger charge is 2.70. The van der Waals surface area contributed by atoms with E-state index in [2.05, 4.69) is 19.2 Å². The zero-order valence-corrected chi connectivity index (χ0v) is 21.7. The molecule has 6 rings (SSSR count). The lowest BCUT2D eigenvalue weighted by molar-refractivity contribution is -0.245. The summed E-state index contributed by atoms with van der Waals surface area (Å²) in [6, 6.07) is 0. The molecular weight excluding hydrogens is 460 g/mol. The number of carbonyl (C=O) groups is 2. The first-order chi connectivity index (χ1) is 17.2. The van der Waals surface area contributed by atoms with Crippen LogP contribution in [0, 0.1) is 34.5 Å². The molecule has 6 aliphatic rings. The molecule has 36 heavy (non-hydrogen) atoms. The molecule has 4 aliphatic carbocycles. The Morgan fingerprint density at radius 3 is 2.61 bits per heavy atom. The van der Waals surface area contributed by atoms with E-state index in [1.807, 2.05) is 4.90 Å². The van der Waals surface area contributed by atoms with Gasteiger partial charge in [-0.15, -0.1) is 0 Å². The maximum absolute atomic E-state index is 12.7. The molecule has 0 aromatic carbocycles. The number of nitrogens with zero attached hydrogens (tertiary/aromatic N) is 1. The van der Waals surface area contributed by atoms with Gasteiger partial charge in [0, 0.05) is 37.7 Å². The van der Waals surface area contributed by atoms with E-state index >= 15 is 0 Å². The van der Waals surface area contributed by atoms with Crippen LogP contribution in [0.5, 0.6) is 0 Å². The van der Waals surface area contributed by atoms with E-state index in [1.165, 1.54) is 0 Å². The summed E-state index contributed by atoms with van der Waals surface area (Å²) in [5.41, 5.74) is -0.676. The Kier molecular flexibility index (Phi) is 5.97. The van der Waals surface area contributed by atoms with Crippen LogP contribution in [0.3, 0.4) is 0 Å². The molecule has 1 saturated heterocycles. The Morgan fingerprint density at radius 1 is 1.11 bits per heavy atom. The second-order valence-corrected chi connectivity index (χ2v) is 12.9. The molecule has 1 amide bonds. The summed E-state index contributed by atoms with van der Waals surface area (Å²) in [5, 5.41) is 27.3. The molecule has 8 nitrogen and oxygen atoms in total. The number of aliphatic hydroxyl groups is 2. The molecule has 9 atom stereocenters. The second-order valence-electron chi connectivity index (χ2n) is 12.9. The van der Waals surface area contributed by atoms with Crippen molar-refractivity contribution in [2.45, 2.75) is 83.0 Å². The molecule has 8 heteroatoms. The summed E-state index contributed by atoms with van der Waals surface area (Å²) in [6.45, 7) is 7.72. The van der Waals surface area contributed by atoms with Crippen molar-refractivity contribution in [1.29, 1.82) is 0 Å². The van der Waals surface area contributed by atoms with Gasteiger partial charge < -0.3 is 29.9 Å². The Bertz CT molecular complexity index is 948. The predicted molar refractivity (Wildman–Crippen MR) is 132 cm³/mol. The molecule has 9 unspecified atom stereocenters. The number of esters is 1. The Hall–Kier alpha value is -1.64. The van der Waals surface area contributed by atoms with Crippen LogP contribution in [0.15, 0.2) is 11.6 Å². The van der Waals surface area contributed by atoms with Crippen LogP contribution in [0.2, 0.25) is 0 Å². The zero-order valence-electron chi connectivity index (χ0n) is 21.7. The molecule has 2 aliphatic heterocycles. The molecular formula is C28H42N2O6. The largest absolute Gasteiger partial charge is 0.458 e. The lowest BCUT2D eigenvalue weighted by Gasteiger charge is -2.65. The Morgan fingerprint density at radius 2 is 1.89 bits per heavy atom. The Labute approximate surface area is 213 Å². The highest BCUT2D eigenvalue weighted by atomic mass is 16.6. The molecule has 0 bridgehead atoms. The minimum atomic E-state index is -0.952. The van der Waals surface area contributed by atoms with Crippen LogP contribution in [-0.4, -0.2) is 77.8 Å². The number of cyclic esters (lactones) is 1. The van der Waals surface area contributed by atoms with E-state index in [0.717, 1.165) is 57.2 Å². The fourth-order valence-corrected chi connectivity index (χ4v) is 9.52. The number of fused-ring (bicyclic) bond motifs is 5. The summed E-state index contributed by atoms with van der Waals surface area (Å²) < 4.78 is 11.2. The van der Waals surface area contributed by atoms with Gasteiger partial charge in [0.15, 0.2) is 0 Å². The standard InChI is InChI=1S/C28H42N2O6/c1-26-7-5-19(36-25(33)30-11-9-29-10-12-30)14-18(26)3-4-21-22(26)15-23(31)27(2)20(6-8-28(21,27)34)17-13-24(32)35-16-17/h13,18-23,29,31,34H,3-12,14-16H2,1-2H3. The van der Waals surface area contributed by atoms with Crippen molar-refractivity contribution in [3.05, 3.63) is 11.6 Å². The van der Waals surface area contributed by atoms with E-state index in [-0.39, 0.29) is 47.9 Å². The van der Waals surface area contributed by atoms with Gasteiger partial charge in [0.25, 0.3) is 0 Å². The van der Waals surface area contributed by atoms with Gasteiger partial charge in [-0.3, -0.25) is 0 Å². The lowest BCUT2D eigenvalue weighted by atomic mass is 9.42. The third-order valence-electron chi connectivity index (χ3n) is 11.7. The van der Waals surface area contributed by atoms with E-state index in [0.29, 0.717) is 31.8 Å². The van der Waals surface area contributed by atoms with Gasteiger partial charge in [-0.1, -0.05) is 13.8 Å². The van der Waals surface area contributed by atoms with Crippen LogP contribution in [-0.2, 0) is 14.3 Å². The van der Waals surface area contributed by atoms with E-state index in [9.17, 15) is 19.8 Å². The minimum absolute atomic E-state index is 0.0166. The number of rotatable bonds is 2. The molecule has 200 valence electrons. The molecule has 5 fully saturated rings. The first-order valence-electron chi connectivity index (χ1n) is 14.1. The highest BCUT2D eigenvalue weighted by Crippen LogP contribution is 2.70. The molecule has 0 aromatic rings. The summed E-state index contributed by atoms with van der Waals surface area (Å²) in [6.07, 6.45) is 7.45. The summed E-state index contributed by atoms with van der Waals surface area (Å²) in [5.74, 6) is 0.457. The quantitative estimate of drug-likeness (QED) is 0.498. The number of amides is 1. The maximum atomic E-state index is 12.7. The SMILES string of the molecule is CC12CCC(OC(=O)N3CCNCC3)CC1CCC1C2CC(O)C2(C)C(C3=CC(=O)OC3)CCC12O. The maximum Gasteiger partial charge on any atom is 0.410 e. The average Bonchev–Trinajstić information content (AvgIpc) is 3.41. The molecule has 2 heterocycles. The molecule has 0 aromatic heterocycles. The first-order valence-corrected chi connectivity index (χ1v) is 14.1. The van der Waals surface area contributed by atoms with Gasteiger partial charge >= 0.3 is 12.1 Å². The monoisotopic (exact) mass is 502 g/mol. The van der Waals surface area contributed by atoms with Gasteiger partial charge in [-0.25, -0.2) is 9.59 Å². The third-order valence-corrected chi connectivity index (χ3v) is 11.7. The van der Waals surface area contributed by atoms with Crippen LogP contribution in [0.1, 0.15) is 65.2 Å². The van der Waals surface area contributed by atoms with Crippen molar-refractivity contribution in [3.63, 3.8) is 0 Å². The van der Waals surface area contributed by atoms with Gasteiger partial charge in [-0.05, 0) is 86.0 Å². The number of hydrogen-bond donors (Lipinski definition) is 3. The second kappa shape index (κ2) is 8.70. The van der Waals surface area contributed by atoms with Crippen molar-refractivity contribution in [2.24, 2.45) is 34.5 Å². The summed E-state index contributed by atoms with van der Waals surface area (Å²) in [7, 11) is 0. The van der Waals surface area contributed by atoms with Crippen LogP contribution in [0.25, 0.3) is 0 Å². The summed E-state index contributed by atoms with van der Waals surface area (Å²) >= 11 is 0. The van der Waals surface area contributed by atoms with Crippen LogP contribution >= 0.6 is 0 Å². The number of carbonyl (C=O) groups excluding carboxylic acids is 2. The van der Waals surface area contributed by atoms with E-state index in [4.69, 9.17) is 9.47 Å². The van der Waals surface area contributed by atoms with E-state index < -0.39 is 17.1 Å². The topological polar surface area (TPSA) is 108 Å². The van der Waals surface area contributed by atoms with Gasteiger partial charge in [0.05, 0.1) is 11.7 Å². The van der Waals surface area contributed by atoms with Crippen molar-refractivity contribution < 1.29 is 29.3 Å². The normalized spacial score (nSPS) is 48.4. The van der Waals surface area contributed by atoms with Crippen molar-refractivity contribution in [1.82, 2.24) is 10.2 Å². The number of aliphatic hydroxyl groups excluding tert-OH is 1. The predicted octanol–water partition coefficient (Wildman–Crippen LogP) is 2.62. The fraction of sp³-hybridized carbons (Fsp3) is 0.857. The van der Waals surface area contributed by atoms with Crippen molar-refractivity contribution in [3.8, 4) is 0 Å². The van der Waals surface area contributed by atoms with Crippen molar-refractivity contribution in [2.75, 3.05) is 32.8 Å². The Balaban J connectivity index is 1.19. The number of piperazine rings is 1. The summed E-state index contributed by atoms with van der Waals surface area (Å²) in [4.78, 5) is 26.3. The number of ether oxygens (including phenoxy) is 2. The van der Waals surface area contributed by atoms with Crippen LogP contribution < -0.4 is 5.32 Å². The minimum Gasteiger partial charge on any atom is -0.458 e. The smallest absolute Gasteiger partial charge is 0.410 e. The highest BCUT2D eigenvalue weighted by molar-refractivity contribution is 5.85. The fourth-order valence-electron chi connectivity index (χ4n) is 9.52. The van der Waals surface area contributed by atoms with Crippen molar-refractivity contribution >= 4 is 12.1 Å². The average molecular weight is 503 g/mol. The molecule has 3 N–H and O–H groups in total. The third kappa shape index (κ3) is 3.50. The zero-order chi connectivity index (χ0) is 25.3. The number of nitrogens with one attached hydrogen (secondary N) is 1. The number of hydrogen-bond acceptors (Lipinski definition) is 7. The molecule has 0 radical (unpaired) electrons. The first kappa shape index (κ1) is 24.7. The van der Waals surface area contributed by atoms with Gasteiger partial charge in [0.2, 0.25) is 0 Å². The van der Waals surface area contributed by atoms with Gasteiger partial charge in [-0.2, -0.15) is 0 Å².